The van der Waals surface area contributed by atoms with E-state index in [0.29, 0.717) is 18.4 Å². The van der Waals surface area contributed by atoms with Crippen LogP contribution in [-0.2, 0) is 4.74 Å². The van der Waals surface area contributed by atoms with Gasteiger partial charge in [-0.2, -0.15) is 0 Å². The van der Waals surface area contributed by atoms with Crippen molar-refractivity contribution in [1.82, 2.24) is 0 Å². The zero-order valence-corrected chi connectivity index (χ0v) is 10.9. The van der Waals surface area contributed by atoms with Crippen LogP contribution in [0.3, 0.4) is 0 Å². The van der Waals surface area contributed by atoms with Gasteiger partial charge in [0.05, 0.1) is 0 Å². The summed E-state index contributed by atoms with van der Waals surface area (Å²) >= 11 is 0. The van der Waals surface area contributed by atoms with Gasteiger partial charge in [-0.3, -0.25) is 0 Å². The molecule has 100 valence electrons. The summed E-state index contributed by atoms with van der Waals surface area (Å²) in [5, 5.41) is 8.90. The molecule has 1 amide bonds. The summed E-state index contributed by atoms with van der Waals surface area (Å²) < 4.78 is 5.11. The van der Waals surface area contributed by atoms with E-state index < -0.39 is 11.7 Å². The summed E-state index contributed by atoms with van der Waals surface area (Å²) in [7, 11) is 0. The largest absolute Gasteiger partial charge is 0.444 e. The molecule has 1 saturated carbocycles. The van der Waals surface area contributed by atoms with Gasteiger partial charge in [-0.25, -0.2) is 4.79 Å². The molecular formula is C13H25NO3. The number of aliphatic hydroxyl groups excluding tert-OH is 1. The first kappa shape index (κ1) is 14.3. The van der Waals surface area contributed by atoms with Crippen LogP contribution in [0.15, 0.2) is 0 Å². The minimum atomic E-state index is -0.691. The number of aliphatic hydroxyl groups is 1. The van der Waals surface area contributed by atoms with Crippen molar-refractivity contribution < 1.29 is 14.6 Å². The molecule has 0 spiro atoms. The van der Waals surface area contributed by atoms with Gasteiger partial charge < -0.3 is 15.6 Å². The van der Waals surface area contributed by atoms with Gasteiger partial charge in [-0.05, 0) is 38.5 Å². The monoisotopic (exact) mass is 243 g/mol. The molecule has 4 nitrogen and oxygen atoms in total. The second-order valence-electron chi connectivity index (χ2n) is 5.78. The number of rotatable bonds is 5. The number of hydrogen-bond acceptors (Lipinski definition) is 3. The van der Waals surface area contributed by atoms with Gasteiger partial charge in [0.1, 0.15) is 5.60 Å². The zero-order chi connectivity index (χ0) is 12.9. The van der Waals surface area contributed by atoms with Crippen LogP contribution < -0.4 is 5.73 Å². The third-order valence-electron chi connectivity index (χ3n) is 3.66. The summed E-state index contributed by atoms with van der Waals surface area (Å²) in [5.41, 5.74) is 4.60. The molecule has 1 fully saturated rings. The fraction of sp³-hybridized carbons (Fsp3) is 0.923. The van der Waals surface area contributed by atoms with Crippen LogP contribution in [0.4, 0.5) is 4.79 Å². The molecule has 0 aromatic rings. The maximum Gasteiger partial charge on any atom is 0.405 e. The molecule has 3 N–H and O–H groups in total. The van der Waals surface area contributed by atoms with Crippen LogP contribution in [0.2, 0.25) is 0 Å². The topological polar surface area (TPSA) is 72.6 Å². The number of amides is 1. The SMILES string of the molecule is CC(C)(CC1CCC(CCO)CC1)OC(N)=O. The third-order valence-corrected chi connectivity index (χ3v) is 3.66. The van der Waals surface area contributed by atoms with Crippen molar-refractivity contribution in [3.8, 4) is 0 Å². The standard InChI is InChI=1S/C13H25NO3/c1-13(2,17-12(14)16)9-11-5-3-10(4-6-11)7-8-15/h10-11,15H,3-9H2,1-2H3,(H2,14,16). The Morgan fingerprint density at radius 3 is 2.29 bits per heavy atom. The number of hydrogen-bond donors (Lipinski definition) is 2. The molecule has 1 rings (SSSR count). The van der Waals surface area contributed by atoms with Crippen molar-refractivity contribution in [1.29, 1.82) is 0 Å². The Kier molecular flexibility index (Phi) is 5.25. The number of ether oxygens (including phenoxy) is 1. The van der Waals surface area contributed by atoms with E-state index in [1.54, 1.807) is 0 Å². The molecule has 0 bridgehead atoms. The van der Waals surface area contributed by atoms with Crippen LogP contribution >= 0.6 is 0 Å². The van der Waals surface area contributed by atoms with Gasteiger partial charge in [0.15, 0.2) is 0 Å². The van der Waals surface area contributed by atoms with Gasteiger partial charge in [0, 0.05) is 6.61 Å². The van der Waals surface area contributed by atoms with Crippen molar-refractivity contribution in [3.63, 3.8) is 0 Å². The minimum Gasteiger partial charge on any atom is -0.444 e. The predicted molar refractivity (Wildman–Crippen MR) is 66.5 cm³/mol. The van der Waals surface area contributed by atoms with Gasteiger partial charge in [-0.15, -0.1) is 0 Å². The Bertz CT molecular complexity index is 245. The van der Waals surface area contributed by atoms with E-state index in [4.69, 9.17) is 15.6 Å². The van der Waals surface area contributed by atoms with Crippen molar-refractivity contribution in [2.75, 3.05) is 6.61 Å². The van der Waals surface area contributed by atoms with Gasteiger partial charge >= 0.3 is 6.09 Å². The smallest absolute Gasteiger partial charge is 0.405 e. The normalized spacial score (nSPS) is 25.6. The van der Waals surface area contributed by atoms with E-state index in [2.05, 4.69) is 0 Å². The number of carbonyl (C=O) groups is 1. The first-order chi connectivity index (χ1) is 7.93. The van der Waals surface area contributed by atoms with Crippen LogP contribution in [0.25, 0.3) is 0 Å². The highest BCUT2D eigenvalue weighted by Crippen LogP contribution is 2.35. The van der Waals surface area contributed by atoms with E-state index in [-0.39, 0.29) is 0 Å². The van der Waals surface area contributed by atoms with Crippen molar-refractivity contribution >= 4 is 6.09 Å². The Morgan fingerprint density at radius 2 is 1.82 bits per heavy atom. The Labute approximate surface area is 104 Å². The first-order valence-electron chi connectivity index (χ1n) is 6.52. The molecule has 0 aromatic carbocycles. The molecule has 0 heterocycles. The van der Waals surface area contributed by atoms with E-state index >= 15 is 0 Å². The Hall–Kier alpha value is -0.770. The molecule has 1 aliphatic rings. The average molecular weight is 243 g/mol. The molecular weight excluding hydrogens is 218 g/mol. The van der Waals surface area contributed by atoms with Crippen LogP contribution in [-0.4, -0.2) is 23.4 Å². The molecule has 0 aliphatic heterocycles. The second kappa shape index (κ2) is 6.24. The molecule has 0 atom stereocenters. The summed E-state index contributed by atoms with van der Waals surface area (Å²) in [6.45, 7) is 4.13. The molecule has 0 radical (unpaired) electrons. The van der Waals surface area contributed by atoms with Gasteiger partial charge in [0.2, 0.25) is 0 Å². The summed E-state index contributed by atoms with van der Waals surface area (Å²) in [4.78, 5) is 10.8. The highest BCUT2D eigenvalue weighted by molar-refractivity contribution is 5.65. The Morgan fingerprint density at radius 1 is 1.29 bits per heavy atom. The second-order valence-corrected chi connectivity index (χ2v) is 5.78. The zero-order valence-electron chi connectivity index (χ0n) is 10.9. The van der Waals surface area contributed by atoms with Crippen molar-refractivity contribution in [2.24, 2.45) is 17.6 Å². The number of carbonyl (C=O) groups excluding carboxylic acids is 1. The fourth-order valence-electron chi connectivity index (χ4n) is 2.92. The molecule has 0 aromatic heterocycles. The average Bonchev–Trinajstić information content (AvgIpc) is 2.18. The van der Waals surface area contributed by atoms with Gasteiger partial charge in [-0.1, -0.05) is 25.7 Å². The third kappa shape index (κ3) is 5.39. The highest BCUT2D eigenvalue weighted by atomic mass is 16.6. The molecule has 17 heavy (non-hydrogen) atoms. The highest BCUT2D eigenvalue weighted by Gasteiger charge is 2.29. The first-order valence-corrected chi connectivity index (χ1v) is 6.52. The quantitative estimate of drug-likeness (QED) is 0.779. The van der Waals surface area contributed by atoms with E-state index in [1.165, 1.54) is 12.8 Å². The lowest BCUT2D eigenvalue weighted by Gasteiger charge is -2.33. The van der Waals surface area contributed by atoms with Crippen molar-refractivity contribution in [3.05, 3.63) is 0 Å². The van der Waals surface area contributed by atoms with Gasteiger partial charge in [0.25, 0.3) is 0 Å². The summed E-state index contributed by atoms with van der Waals surface area (Å²) in [5.74, 6) is 1.29. The predicted octanol–water partition coefficient (Wildman–Crippen LogP) is 2.44. The molecule has 0 saturated heterocycles. The molecule has 1 aliphatic carbocycles. The number of nitrogens with two attached hydrogens (primary N) is 1. The lowest BCUT2D eigenvalue weighted by molar-refractivity contribution is 0.0191. The molecule has 0 unspecified atom stereocenters. The van der Waals surface area contributed by atoms with E-state index in [1.807, 2.05) is 13.8 Å². The Balaban J connectivity index is 2.32. The number of primary amides is 1. The maximum absolute atomic E-state index is 10.8. The summed E-state index contributed by atoms with van der Waals surface area (Å²) in [6.07, 6.45) is 5.79. The van der Waals surface area contributed by atoms with Crippen LogP contribution in [0.5, 0.6) is 0 Å². The van der Waals surface area contributed by atoms with E-state index in [0.717, 1.165) is 25.7 Å². The lowest BCUT2D eigenvalue weighted by Crippen LogP contribution is -2.34. The maximum atomic E-state index is 10.8. The summed E-state index contributed by atoms with van der Waals surface area (Å²) in [6, 6.07) is 0. The van der Waals surface area contributed by atoms with Crippen molar-refractivity contribution in [2.45, 2.75) is 58.0 Å². The van der Waals surface area contributed by atoms with E-state index in [9.17, 15) is 4.79 Å². The molecule has 4 heteroatoms. The van der Waals surface area contributed by atoms with Crippen LogP contribution in [0, 0.1) is 11.8 Å². The van der Waals surface area contributed by atoms with Crippen LogP contribution in [0.1, 0.15) is 52.4 Å². The fourth-order valence-corrected chi connectivity index (χ4v) is 2.92. The minimum absolute atomic E-state index is 0.297. The lowest BCUT2D eigenvalue weighted by atomic mass is 9.76.